The first-order valence-electron chi connectivity index (χ1n) is 6.99. The molecule has 22 heavy (non-hydrogen) atoms. The summed E-state index contributed by atoms with van der Waals surface area (Å²) in [4.78, 5) is 23.2. The van der Waals surface area contributed by atoms with E-state index >= 15 is 0 Å². The van der Waals surface area contributed by atoms with Crippen LogP contribution in [0.1, 0.15) is 30.5 Å². The van der Waals surface area contributed by atoms with Gasteiger partial charge < -0.3 is 21.1 Å². The summed E-state index contributed by atoms with van der Waals surface area (Å²) >= 11 is 0. The van der Waals surface area contributed by atoms with Crippen LogP contribution in [0.4, 0.5) is 5.69 Å². The van der Waals surface area contributed by atoms with Gasteiger partial charge in [-0.3, -0.25) is 9.59 Å². The van der Waals surface area contributed by atoms with Gasteiger partial charge in [-0.15, -0.1) is 12.4 Å². The molecule has 2 rings (SSSR count). The van der Waals surface area contributed by atoms with Gasteiger partial charge in [0.25, 0.3) is 0 Å². The molecular weight excluding hydrogens is 306 g/mol. The molecule has 0 saturated heterocycles. The maximum Gasteiger partial charge on any atom is 0.239 e. The molecule has 6 nitrogen and oxygen atoms in total. The molecule has 1 aromatic carbocycles. The molecule has 1 heterocycles. The fraction of sp³-hybridized carbons (Fsp3) is 0.467. The predicted octanol–water partition coefficient (Wildman–Crippen LogP) is 1.14. The van der Waals surface area contributed by atoms with Crippen molar-refractivity contribution in [2.45, 2.75) is 31.8 Å². The van der Waals surface area contributed by atoms with Crippen molar-refractivity contribution in [3.63, 3.8) is 0 Å². The number of nitrogens with two attached hydrogens (primary N) is 1. The Bertz CT molecular complexity index is 551. The van der Waals surface area contributed by atoms with Crippen molar-refractivity contribution in [2.24, 2.45) is 5.73 Å². The fourth-order valence-corrected chi connectivity index (χ4v) is 2.33. The van der Waals surface area contributed by atoms with Crippen LogP contribution in [0.15, 0.2) is 18.2 Å². The Balaban J connectivity index is 0.00000242. The lowest BCUT2D eigenvalue weighted by molar-refractivity contribution is -0.124. The maximum absolute atomic E-state index is 11.9. The van der Waals surface area contributed by atoms with Crippen LogP contribution < -0.4 is 16.4 Å². The van der Waals surface area contributed by atoms with E-state index in [4.69, 9.17) is 10.5 Å². The maximum atomic E-state index is 11.9. The predicted molar refractivity (Wildman–Crippen MR) is 87.0 cm³/mol. The zero-order chi connectivity index (χ0) is 15.4. The van der Waals surface area contributed by atoms with Crippen LogP contribution in [0, 0.1) is 0 Å². The molecule has 1 aliphatic heterocycles. The standard InChI is InChI=1S/C15H21N3O3.ClH/c1-9(17-15(20)12(16)8-21-2)10-3-5-13-11(7-10)4-6-14(19)18-13;/h3,5,7,9,12H,4,6,8,16H2,1-2H3,(H,17,20)(H,18,19);1H. The van der Waals surface area contributed by atoms with Gasteiger partial charge in [0.15, 0.2) is 0 Å². The Morgan fingerprint density at radius 3 is 2.86 bits per heavy atom. The van der Waals surface area contributed by atoms with E-state index in [1.807, 2.05) is 25.1 Å². The van der Waals surface area contributed by atoms with Gasteiger partial charge >= 0.3 is 0 Å². The first kappa shape index (κ1) is 18.4. The topological polar surface area (TPSA) is 93.4 Å². The Morgan fingerprint density at radius 1 is 1.45 bits per heavy atom. The number of nitrogens with one attached hydrogen (secondary N) is 2. The third kappa shape index (κ3) is 4.43. The third-order valence-corrected chi connectivity index (χ3v) is 3.57. The molecule has 1 aliphatic rings. The lowest BCUT2D eigenvalue weighted by atomic mass is 9.97. The van der Waals surface area contributed by atoms with Crippen LogP contribution in [-0.2, 0) is 20.7 Å². The third-order valence-electron chi connectivity index (χ3n) is 3.57. The van der Waals surface area contributed by atoms with Gasteiger partial charge in [0, 0.05) is 19.2 Å². The van der Waals surface area contributed by atoms with E-state index in [2.05, 4.69) is 10.6 Å². The normalized spacial score (nSPS) is 15.9. The van der Waals surface area contributed by atoms with E-state index in [9.17, 15) is 9.59 Å². The minimum atomic E-state index is -0.672. The van der Waals surface area contributed by atoms with Crippen molar-refractivity contribution in [3.05, 3.63) is 29.3 Å². The molecule has 0 radical (unpaired) electrons. The van der Waals surface area contributed by atoms with Crippen molar-refractivity contribution in [2.75, 3.05) is 19.0 Å². The van der Waals surface area contributed by atoms with Crippen molar-refractivity contribution in [3.8, 4) is 0 Å². The summed E-state index contributed by atoms with van der Waals surface area (Å²) in [6, 6.07) is 4.97. The Morgan fingerprint density at radius 2 is 2.18 bits per heavy atom. The van der Waals surface area contributed by atoms with E-state index in [1.165, 1.54) is 7.11 Å². The Hall–Kier alpha value is -1.63. The molecule has 0 spiro atoms. The molecule has 2 unspecified atom stereocenters. The molecule has 4 N–H and O–H groups in total. The fourth-order valence-electron chi connectivity index (χ4n) is 2.33. The molecule has 1 aromatic rings. The summed E-state index contributed by atoms with van der Waals surface area (Å²) in [6.07, 6.45) is 1.22. The van der Waals surface area contributed by atoms with E-state index in [1.54, 1.807) is 0 Å². The first-order chi connectivity index (χ1) is 10.0. The smallest absolute Gasteiger partial charge is 0.239 e. The minimum Gasteiger partial charge on any atom is -0.383 e. The molecule has 0 aliphatic carbocycles. The van der Waals surface area contributed by atoms with Gasteiger partial charge in [-0.1, -0.05) is 12.1 Å². The molecule has 0 fully saturated rings. The number of aryl methyl sites for hydroxylation is 1. The zero-order valence-corrected chi connectivity index (χ0v) is 13.5. The van der Waals surface area contributed by atoms with Crippen LogP contribution in [0.2, 0.25) is 0 Å². The summed E-state index contributed by atoms with van der Waals surface area (Å²) in [5.74, 6) is -0.197. The number of carbonyl (C=O) groups is 2. The number of methoxy groups -OCH3 is 1. The second kappa shape index (κ2) is 8.12. The van der Waals surface area contributed by atoms with Crippen LogP contribution in [0.3, 0.4) is 0 Å². The van der Waals surface area contributed by atoms with Crippen molar-refractivity contribution < 1.29 is 14.3 Å². The minimum absolute atomic E-state index is 0. The highest BCUT2D eigenvalue weighted by atomic mass is 35.5. The number of rotatable bonds is 5. The van der Waals surface area contributed by atoms with E-state index < -0.39 is 6.04 Å². The number of hydrogen-bond acceptors (Lipinski definition) is 4. The average Bonchev–Trinajstić information content (AvgIpc) is 2.46. The molecule has 122 valence electrons. The number of hydrogen-bond donors (Lipinski definition) is 3. The monoisotopic (exact) mass is 327 g/mol. The molecule has 2 amide bonds. The second-order valence-corrected chi connectivity index (χ2v) is 5.26. The van der Waals surface area contributed by atoms with Gasteiger partial charge in [-0.05, 0) is 30.5 Å². The molecule has 0 saturated carbocycles. The van der Waals surface area contributed by atoms with Crippen LogP contribution in [0.5, 0.6) is 0 Å². The highest BCUT2D eigenvalue weighted by Crippen LogP contribution is 2.26. The van der Waals surface area contributed by atoms with Gasteiger partial charge in [-0.2, -0.15) is 0 Å². The number of amides is 2. The molecule has 0 aromatic heterocycles. The van der Waals surface area contributed by atoms with E-state index in [-0.39, 0.29) is 36.9 Å². The summed E-state index contributed by atoms with van der Waals surface area (Å²) < 4.78 is 4.87. The first-order valence-corrected chi connectivity index (χ1v) is 6.99. The lowest BCUT2D eigenvalue weighted by Gasteiger charge is -2.21. The molecule has 7 heteroatoms. The highest BCUT2D eigenvalue weighted by Gasteiger charge is 2.19. The van der Waals surface area contributed by atoms with Crippen molar-refractivity contribution in [1.82, 2.24) is 5.32 Å². The van der Waals surface area contributed by atoms with Crippen LogP contribution >= 0.6 is 12.4 Å². The largest absolute Gasteiger partial charge is 0.383 e. The quantitative estimate of drug-likeness (QED) is 0.756. The summed E-state index contributed by atoms with van der Waals surface area (Å²) in [5.41, 5.74) is 8.63. The summed E-state index contributed by atoms with van der Waals surface area (Å²) in [5, 5.41) is 5.70. The number of carbonyl (C=O) groups excluding carboxylic acids is 2. The molecular formula is C15H22ClN3O3. The number of fused-ring (bicyclic) bond motifs is 1. The van der Waals surface area contributed by atoms with Gasteiger partial charge in [0.2, 0.25) is 11.8 Å². The van der Waals surface area contributed by atoms with Crippen LogP contribution in [0.25, 0.3) is 0 Å². The number of benzene rings is 1. The van der Waals surface area contributed by atoms with Crippen molar-refractivity contribution in [1.29, 1.82) is 0 Å². The van der Waals surface area contributed by atoms with Gasteiger partial charge in [0.1, 0.15) is 6.04 Å². The lowest BCUT2D eigenvalue weighted by Crippen LogP contribution is -2.44. The number of halogens is 1. The summed E-state index contributed by atoms with van der Waals surface area (Å²) in [6.45, 7) is 2.09. The highest BCUT2D eigenvalue weighted by molar-refractivity contribution is 5.93. The Kier molecular flexibility index (Phi) is 6.80. The van der Waals surface area contributed by atoms with Crippen molar-refractivity contribution >= 4 is 29.9 Å². The summed E-state index contributed by atoms with van der Waals surface area (Å²) in [7, 11) is 1.51. The zero-order valence-electron chi connectivity index (χ0n) is 12.7. The Labute approximate surface area is 136 Å². The second-order valence-electron chi connectivity index (χ2n) is 5.26. The van der Waals surface area contributed by atoms with Gasteiger partial charge in [-0.25, -0.2) is 0 Å². The van der Waals surface area contributed by atoms with Gasteiger partial charge in [0.05, 0.1) is 12.6 Å². The van der Waals surface area contributed by atoms with E-state index in [0.717, 1.165) is 23.2 Å². The number of ether oxygens (including phenoxy) is 1. The number of anilines is 1. The average molecular weight is 328 g/mol. The molecule has 2 atom stereocenters. The van der Waals surface area contributed by atoms with E-state index in [0.29, 0.717) is 6.42 Å². The SMILES string of the molecule is COCC(N)C(=O)NC(C)c1ccc2c(c1)CCC(=O)N2.Cl. The van der Waals surface area contributed by atoms with Crippen LogP contribution in [-0.4, -0.2) is 31.6 Å². The molecule has 0 bridgehead atoms.